The van der Waals surface area contributed by atoms with E-state index in [1.54, 1.807) is 18.6 Å². The molecule has 0 saturated heterocycles. The monoisotopic (exact) mass is 289 g/mol. The number of aromatic nitrogens is 2. The maximum Gasteiger partial charge on any atom is 0.228 e. The van der Waals surface area contributed by atoms with Crippen LogP contribution in [0.15, 0.2) is 55.1 Å². The Morgan fingerprint density at radius 2 is 1.77 bits per heavy atom. The highest BCUT2D eigenvalue weighted by Crippen LogP contribution is 2.31. The summed E-state index contributed by atoms with van der Waals surface area (Å²) in [5, 5.41) is 5.26. The number of nitrogens with zero attached hydrogens (tertiary/aromatic N) is 2. The molecule has 4 rings (SSSR count). The number of rotatable bonds is 2. The summed E-state index contributed by atoms with van der Waals surface area (Å²) in [5.74, 6) is 0.0476. The van der Waals surface area contributed by atoms with Gasteiger partial charge in [-0.2, -0.15) is 0 Å². The van der Waals surface area contributed by atoms with Crippen molar-refractivity contribution in [2.45, 2.75) is 12.8 Å². The van der Waals surface area contributed by atoms with Crippen molar-refractivity contribution in [2.75, 3.05) is 5.32 Å². The predicted molar refractivity (Wildman–Crippen MR) is 85.5 cm³/mol. The minimum atomic E-state index is -0.0139. The Morgan fingerprint density at radius 3 is 2.55 bits per heavy atom. The van der Waals surface area contributed by atoms with Crippen molar-refractivity contribution in [2.24, 2.45) is 5.92 Å². The third-order valence-corrected chi connectivity index (χ3v) is 4.19. The zero-order valence-corrected chi connectivity index (χ0v) is 12.0. The number of nitrogens with one attached hydrogen (secondary N) is 1. The largest absolute Gasteiger partial charge is 0.324 e. The standard InChI is InChI=1S/C18H15N3O/c22-18(21-17-2-1-4-19-11-17)15-7-13-6-12-3-5-20-10-16(12)9-14(13)8-15/h1-6,9-11,15H,7-8H2,(H,21,22). The quantitative estimate of drug-likeness (QED) is 0.789. The molecule has 0 spiro atoms. The number of hydrogen-bond donors (Lipinski definition) is 1. The molecule has 22 heavy (non-hydrogen) atoms. The van der Waals surface area contributed by atoms with Gasteiger partial charge in [0.25, 0.3) is 0 Å². The van der Waals surface area contributed by atoms with Crippen LogP contribution >= 0.6 is 0 Å². The Kier molecular flexibility index (Phi) is 3.07. The first-order chi connectivity index (χ1) is 10.8. The summed E-state index contributed by atoms with van der Waals surface area (Å²) in [6.07, 6.45) is 8.61. The second kappa shape index (κ2) is 5.22. The number of anilines is 1. The molecule has 4 nitrogen and oxygen atoms in total. The molecule has 1 aliphatic rings. The van der Waals surface area contributed by atoms with Crippen LogP contribution in [0.25, 0.3) is 10.8 Å². The van der Waals surface area contributed by atoms with E-state index in [2.05, 4.69) is 27.4 Å². The molecule has 1 N–H and O–H groups in total. The molecule has 1 aliphatic carbocycles. The third kappa shape index (κ3) is 2.33. The van der Waals surface area contributed by atoms with Crippen LogP contribution < -0.4 is 5.32 Å². The first-order valence-corrected chi connectivity index (χ1v) is 7.36. The van der Waals surface area contributed by atoms with Crippen molar-refractivity contribution in [1.29, 1.82) is 0 Å². The Bertz CT molecular complexity index is 801. The molecule has 1 amide bonds. The first kappa shape index (κ1) is 13.0. The molecule has 0 fully saturated rings. The van der Waals surface area contributed by atoms with Crippen molar-refractivity contribution >= 4 is 22.4 Å². The van der Waals surface area contributed by atoms with E-state index in [9.17, 15) is 4.79 Å². The summed E-state index contributed by atoms with van der Waals surface area (Å²) in [7, 11) is 0. The zero-order chi connectivity index (χ0) is 14.9. The highest BCUT2D eigenvalue weighted by atomic mass is 16.1. The van der Waals surface area contributed by atoms with E-state index in [0.29, 0.717) is 0 Å². The molecule has 0 aliphatic heterocycles. The maximum absolute atomic E-state index is 12.4. The van der Waals surface area contributed by atoms with Crippen molar-refractivity contribution in [3.05, 3.63) is 66.2 Å². The van der Waals surface area contributed by atoms with Crippen LogP contribution in [0.5, 0.6) is 0 Å². The lowest BCUT2D eigenvalue weighted by Crippen LogP contribution is -2.23. The average Bonchev–Trinajstić information content (AvgIpc) is 2.96. The van der Waals surface area contributed by atoms with Gasteiger partial charge in [-0.3, -0.25) is 14.8 Å². The van der Waals surface area contributed by atoms with Gasteiger partial charge in [0.1, 0.15) is 0 Å². The van der Waals surface area contributed by atoms with Gasteiger partial charge in [-0.15, -0.1) is 0 Å². The fraction of sp³-hybridized carbons (Fsp3) is 0.167. The van der Waals surface area contributed by atoms with E-state index in [1.165, 1.54) is 16.5 Å². The van der Waals surface area contributed by atoms with Crippen LogP contribution in [-0.4, -0.2) is 15.9 Å². The van der Waals surface area contributed by atoms with Gasteiger partial charge >= 0.3 is 0 Å². The second-order valence-corrected chi connectivity index (χ2v) is 5.68. The number of hydrogen-bond acceptors (Lipinski definition) is 3. The summed E-state index contributed by atoms with van der Waals surface area (Å²) >= 11 is 0. The molecule has 3 aromatic rings. The molecule has 1 unspecified atom stereocenters. The van der Waals surface area contributed by atoms with Gasteiger partial charge in [0.2, 0.25) is 5.91 Å². The van der Waals surface area contributed by atoms with Crippen LogP contribution in [0.3, 0.4) is 0 Å². The van der Waals surface area contributed by atoms with Gasteiger partial charge in [0, 0.05) is 29.9 Å². The highest BCUT2D eigenvalue weighted by molar-refractivity contribution is 5.94. The Hall–Kier alpha value is -2.75. The first-order valence-electron chi connectivity index (χ1n) is 7.36. The van der Waals surface area contributed by atoms with Gasteiger partial charge in [-0.05, 0) is 53.6 Å². The lowest BCUT2D eigenvalue weighted by Gasteiger charge is -2.09. The van der Waals surface area contributed by atoms with Crippen LogP contribution in [0.2, 0.25) is 0 Å². The van der Waals surface area contributed by atoms with Crippen LogP contribution in [0.4, 0.5) is 5.69 Å². The summed E-state index contributed by atoms with van der Waals surface area (Å²) in [6.45, 7) is 0. The maximum atomic E-state index is 12.4. The molecule has 2 aromatic heterocycles. The van der Waals surface area contributed by atoms with E-state index in [-0.39, 0.29) is 11.8 Å². The predicted octanol–water partition coefficient (Wildman–Crippen LogP) is 2.98. The van der Waals surface area contributed by atoms with Gasteiger partial charge in [-0.25, -0.2) is 0 Å². The molecule has 0 saturated carbocycles. The Morgan fingerprint density at radius 1 is 1.00 bits per heavy atom. The summed E-state index contributed by atoms with van der Waals surface area (Å²) in [4.78, 5) is 20.6. The summed E-state index contributed by atoms with van der Waals surface area (Å²) < 4.78 is 0. The molecule has 0 radical (unpaired) electrons. The molecule has 2 heterocycles. The molecule has 1 atom stereocenters. The SMILES string of the molecule is O=C(Nc1cccnc1)C1Cc2cc3ccncc3cc2C1. The van der Waals surface area contributed by atoms with Crippen molar-refractivity contribution in [3.8, 4) is 0 Å². The van der Waals surface area contributed by atoms with Crippen molar-refractivity contribution in [1.82, 2.24) is 9.97 Å². The van der Waals surface area contributed by atoms with E-state index in [1.807, 2.05) is 24.4 Å². The zero-order valence-electron chi connectivity index (χ0n) is 12.0. The summed E-state index contributed by atoms with van der Waals surface area (Å²) in [6, 6.07) is 10.0. The minimum Gasteiger partial charge on any atom is -0.324 e. The van der Waals surface area contributed by atoms with Gasteiger partial charge in [-0.1, -0.05) is 6.07 Å². The van der Waals surface area contributed by atoms with Gasteiger partial charge in [0.15, 0.2) is 0 Å². The minimum absolute atomic E-state index is 0.0139. The number of benzene rings is 1. The number of pyridine rings is 2. The molecule has 1 aromatic carbocycles. The normalized spacial score (nSPS) is 16.5. The smallest absolute Gasteiger partial charge is 0.228 e. The lowest BCUT2D eigenvalue weighted by atomic mass is 10.1. The van der Waals surface area contributed by atoms with Crippen LogP contribution in [-0.2, 0) is 17.6 Å². The molecule has 0 bridgehead atoms. The van der Waals surface area contributed by atoms with Gasteiger partial charge < -0.3 is 5.32 Å². The van der Waals surface area contributed by atoms with Crippen molar-refractivity contribution < 1.29 is 4.79 Å². The van der Waals surface area contributed by atoms with E-state index in [4.69, 9.17) is 0 Å². The Labute approximate surface area is 128 Å². The molecule has 4 heteroatoms. The summed E-state index contributed by atoms with van der Waals surface area (Å²) in [5.41, 5.74) is 3.27. The molecular weight excluding hydrogens is 274 g/mol. The topological polar surface area (TPSA) is 54.9 Å². The number of carbonyl (C=O) groups is 1. The van der Waals surface area contributed by atoms with Crippen LogP contribution in [0.1, 0.15) is 11.1 Å². The fourth-order valence-corrected chi connectivity index (χ4v) is 3.08. The van der Waals surface area contributed by atoms with E-state index >= 15 is 0 Å². The number of fused-ring (bicyclic) bond motifs is 2. The fourth-order valence-electron chi connectivity index (χ4n) is 3.08. The number of carbonyl (C=O) groups excluding carboxylic acids is 1. The van der Waals surface area contributed by atoms with E-state index < -0.39 is 0 Å². The van der Waals surface area contributed by atoms with Crippen molar-refractivity contribution in [3.63, 3.8) is 0 Å². The highest BCUT2D eigenvalue weighted by Gasteiger charge is 2.27. The van der Waals surface area contributed by atoms with Crippen LogP contribution in [0, 0.1) is 5.92 Å². The average molecular weight is 289 g/mol. The molecule has 108 valence electrons. The van der Waals surface area contributed by atoms with Gasteiger partial charge in [0.05, 0.1) is 11.9 Å². The second-order valence-electron chi connectivity index (χ2n) is 5.68. The molecular formula is C18H15N3O. The lowest BCUT2D eigenvalue weighted by molar-refractivity contribution is -0.119. The van der Waals surface area contributed by atoms with E-state index in [0.717, 1.165) is 23.9 Å². The third-order valence-electron chi connectivity index (χ3n) is 4.19. The Balaban J connectivity index is 1.56. The number of amides is 1.